The van der Waals surface area contributed by atoms with Crippen LogP contribution in [0.15, 0.2) is 22.7 Å². The van der Waals surface area contributed by atoms with E-state index >= 15 is 0 Å². The SMILES string of the molecule is CCN(C(=O)CCC1CCN(C)CC1)c1ccc(Br)c(Cl)c1. The predicted octanol–water partition coefficient (Wildman–Crippen LogP) is 4.58. The minimum Gasteiger partial charge on any atom is -0.313 e. The van der Waals surface area contributed by atoms with E-state index in [0.29, 0.717) is 23.9 Å². The van der Waals surface area contributed by atoms with E-state index in [-0.39, 0.29) is 5.91 Å². The zero-order valence-corrected chi connectivity index (χ0v) is 15.7. The Morgan fingerprint density at radius 3 is 2.68 bits per heavy atom. The van der Waals surface area contributed by atoms with Crippen LogP contribution in [0.3, 0.4) is 0 Å². The number of hydrogen-bond donors (Lipinski definition) is 0. The predicted molar refractivity (Wildman–Crippen MR) is 96.6 cm³/mol. The third-order valence-corrected chi connectivity index (χ3v) is 5.67. The number of carbonyl (C=O) groups is 1. The van der Waals surface area contributed by atoms with Crippen LogP contribution >= 0.6 is 27.5 Å². The standard InChI is InChI=1S/C17H24BrClN2O/c1-3-21(14-5-6-15(18)16(19)12-14)17(22)7-4-13-8-10-20(2)11-9-13/h5-6,12-13H,3-4,7-11H2,1-2H3. The zero-order chi connectivity index (χ0) is 16.1. The summed E-state index contributed by atoms with van der Waals surface area (Å²) in [7, 11) is 2.16. The minimum absolute atomic E-state index is 0.194. The molecule has 1 amide bonds. The van der Waals surface area contributed by atoms with Crippen molar-refractivity contribution in [3.8, 4) is 0 Å². The Hall–Kier alpha value is -0.580. The molecule has 1 aromatic carbocycles. The van der Waals surface area contributed by atoms with E-state index in [0.717, 1.165) is 29.7 Å². The lowest BCUT2D eigenvalue weighted by atomic mass is 9.92. The number of piperidine rings is 1. The quantitative estimate of drug-likeness (QED) is 0.738. The molecule has 0 radical (unpaired) electrons. The Morgan fingerprint density at radius 2 is 2.09 bits per heavy atom. The molecular formula is C17H24BrClN2O. The van der Waals surface area contributed by atoms with Gasteiger partial charge in [0.15, 0.2) is 0 Å². The molecule has 0 aromatic heterocycles. The molecule has 0 spiro atoms. The summed E-state index contributed by atoms with van der Waals surface area (Å²) >= 11 is 9.53. The van der Waals surface area contributed by atoms with Crippen LogP contribution in [0.25, 0.3) is 0 Å². The fourth-order valence-electron chi connectivity index (χ4n) is 2.97. The second kappa shape index (κ2) is 8.32. The molecule has 1 aromatic rings. The van der Waals surface area contributed by atoms with Gasteiger partial charge in [0, 0.05) is 23.1 Å². The van der Waals surface area contributed by atoms with E-state index in [9.17, 15) is 4.79 Å². The molecule has 1 aliphatic heterocycles. The molecule has 122 valence electrons. The van der Waals surface area contributed by atoms with Crippen molar-refractivity contribution in [2.45, 2.75) is 32.6 Å². The number of likely N-dealkylation sites (tertiary alicyclic amines) is 1. The van der Waals surface area contributed by atoms with Gasteiger partial charge in [0.05, 0.1) is 5.02 Å². The van der Waals surface area contributed by atoms with Crippen molar-refractivity contribution in [3.05, 3.63) is 27.7 Å². The normalized spacial score (nSPS) is 16.7. The van der Waals surface area contributed by atoms with Crippen molar-refractivity contribution >= 4 is 39.1 Å². The van der Waals surface area contributed by atoms with E-state index in [1.165, 1.54) is 12.8 Å². The topological polar surface area (TPSA) is 23.6 Å². The summed E-state index contributed by atoms with van der Waals surface area (Å²) < 4.78 is 0.854. The van der Waals surface area contributed by atoms with Gasteiger partial charge in [-0.3, -0.25) is 4.79 Å². The van der Waals surface area contributed by atoms with Crippen molar-refractivity contribution in [1.82, 2.24) is 4.90 Å². The maximum absolute atomic E-state index is 12.5. The van der Waals surface area contributed by atoms with Gasteiger partial charge >= 0.3 is 0 Å². The van der Waals surface area contributed by atoms with Gasteiger partial charge in [0.2, 0.25) is 5.91 Å². The highest BCUT2D eigenvalue weighted by molar-refractivity contribution is 9.10. The molecule has 3 nitrogen and oxygen atoms in total. The zero-order valence-electron chi connectivity index (χ0n) is 13.3. The van der Waals surface area contributed by atoms with E-state index in [2.05, 4.69) is 27.9 Å². The van der Waals surface area contributed by atoms with Crippen LogP contribution < -0.4 is 4.90 Å². The molecule has 1 heterocycles. The van der Waals surface area contributed by atoms with Crippen LogP contribution in [0, 0.1) is 5.92 Å². The summed E-state index contributed by atoms with van der Waals surface area (Å²) in [6, 6.07) is 5.68. The molecule has 0 saturated carbocycles. The third kappa shape index (κ3) is 4.71. The Morgan fingerprint density at radius 1 is 1.41 bits per heavy atom. The number of rotatable bonds is 5. The number of benzene rings is 1. The van der Waals surface area contributed by atoms with Gasteiger partial charge in [-0.15, -0.1) is 0 Å². The van der Waals surface area contributed by atoms with Gasteiger partial charge in [0.1, 0.15) is 0 Å². The lowest BCUT2D eigenvalue weighted by Crippen LogP contribution is -2.33. The Labute approximate surface area is 146 Å². The van der Waals surface area contributed by atoms with Gasteiger partial charge in [0.25, 0.3) is 0 Å². The number of hydrogen-bond acceptors (Lipinski definition) is 2. The van der Waals surface area contributed by atoms with Gasteiger partial charge in [-0.2, -0.15) is 0 Å². The number of carbonyl (C=O) groups excluding carboxylic acids is 1. The first-order valence-electron chi connectivity index (χ1n) is 7.95. The summed E-state index contributed by atoms with van der Waals surface area (Å²) in [6.07, 6.45) is 4.03. The fourth-order valence-corrected chi connectivity index (χ4v) is 3.39. The molecule has 0 aliphatic carbocycles. The molecule has 1 saturated heterocycles. The molecule has 1 fully saturated rings. The lowest BCUT2D eigenvalue weighted by molar-refractivity contribution is -0.118. The second-order valence-electron chi connectivity index (χ2n) is 6.02. The van der Waals surface area contributed by atoms with Crippen LogP contribution in [0.5, 0.6) is 0 Å². The van der Waals surface area contributed by atoms with Crippen LogP contribution in [-0.4, -0.2) is 37.5 Å². The average molecular weight is 388 g/mol. The summed E-state index contributed by atoms with van der Waals surface area (Å²) in [6.45, 7) is 4.98. The summed E-state index contributed by atoms with van der Waals surface area (Å²) in [4.78, 5) is 16.7. The molecule has 5 heteroatoms. The van der Waals surface area contributed by atoms with Crippen LogP contribution in [-0.2, 0) is 4.79 Å². The third-order valence-electron chi connectivity index (χ3n) is 4.44. The molecule has 0 unspecified atom stereocenters. The van der Waals surface area contributed by atoms with Gasteiger partial charge in [-0.25, -0.2) is 0 Å². The van der Waals surface area contributed by atoms with Crippen LogP contribution in [0.2, 0.25) is 5.02 Å². The first-order valence-corrected chi connectivity index (χ1v) is 9.12. The van der Waals surface area contributed by atoms with Crippen LogP contribution in [0.1, 0.15) is 32.6 Å². The van der Waals surface area contributed by atoms with Crippen molar-refractivity contribution in [1.29, 1.82) is 0 Å². The number of nitrogens with zero attached hydrogens (tertiary/aromatic N) is 2. The van der Waals surface area contributed by atoms with E-state index < -0.39 is 0 Å². The van der Waals surface area contributed by atoms with Crippen molar-refractivity contribution in [2.24, 2.45) is 5.92 Å². The number of halogens is 2. The van der Waals surface area contributed by atoms with Crippen molar-refractivity contribution < 1.29 is 4.79 Å². The Kier molecular flexibility index (Phi) is 6.72. The smallest absolute Gasteiger partial charge is 0.226 e. The van der Waals surface area contributed by atoms with E-state index in [1.54, 1.807) is 0 Å². The summed E-state index contributed by atoms with van der Waals surface area (Å²) in [5.74, 6) is 0.882. The number of anilines is 1. The molecule has 2 rings (SSSR count). The Balaban J connectivity index is 1.92. The molecule has 0 N–H and O–H groups in total. The molecular weight excluding hydrogens is 364 g/mol. The highest BCUT2D eigenvalue weighted by Crippen LogP contribution is 2.28. The minimum atomic E-state index is 0.194. The number of amides is 1. The fraction of sp³-hybridized carbons (Fsp3) is 0.588. The highest BCUT2D eigenvalue weighted by Gasteiger charge is 2.20. The monoisotopic (exact) mass is 386 g/mol. The van der Waals surface area contributed by atoms with Gasteiger partial charge in [-0.1, -0.05) is 11.6 Å². The largest absolute Gasteiger partial charge is 0.313 e. The maximum atomic E-state index is 12.5. The second-order valence-corrected chi connectivity index (χ2v) is 7.28. The first-order chi connectivity index (χ1) is 10.5. The highest BCUT2D eigenvalue weighted by atomic mass is 79.9. The van der Waals surface area contributed by atoms with Crippen molar-refractivity contribution in [2.75, 3.05) is 31.6 Å². The molecule has 22 heavy (non-hydrogen) atoms. The van der Waals surface area contributed by atoms with Crippen LogP contribution in [0.4, 0.5) is 5.69 Å². The molecule has 1 aliphatic rings. The summed E-state index contributed by atoms with van der Waals surface area (Å²) in [5.41, 5.74) is 0.879. The average Bonchev–Trinajstić information content (AvgIpc) is 2.51. The maximum Gasteiger partial charge on any atom is 0.226 e. The van der Waals surface area contributed by atoms with Crippen molar-refractivity contribution in [3.63, 3.8) is 0 Å². The Bertz CT molecular complexity index is 515. The summed E-state index contributed by atoms with van der Waals surface area (Å²) in [5, 5.41) is 0.638. The first kappa shape index (κ1) is 17.8. The lowest BCUT2D eigenvalue weighted by Gasteiger charge is -2.29. The van der Waals surface area contributed by atoms with E-state index in [4.69, 9.17) is 11.6 Å². The molecule has 0 bridgehead atoms. The van der Waals surface area contributed by atoms with Gasteiger partial charge in [-0.05, 0) is 86.4 Å². The van der Waals surface area contributed by atoms with E-state index in [1.807, 2.05) is 30.0 Å². The van der Waals surface area contributed by atoms with Gasteiger partial charge < -0.3 is 9.80 Å². The molecule has 0 atom stereocenters.